The second kappa shape index (κ2) is 5.34. The van der Waals surface area contributed by atoms with E-state index in [1.54, 1.807) is 0 Å². The Labute approximate surface area is 98.0 Å². The monoisotopic (exact) mass is 329 g/mol. The van der Waals surface area contributed by atoms with Crippen LogP contribution in [-0.4, -0.2) is 16.9 Å². The summed E-state index contributed by atoms with van der Waals surface area (Å²) < 4.78 is 38.7. The van der Waals surface area contributed by atoms with Crippen LogP contribution in [0.25, 0.3) is 0 Å². The summed E-state index contributed by atoms with van der Waals surface area (Å²) in [7, 11) is 0. The van der Waals surface area contributed by atoms with Gasteiger partial charge in [0.15, 0.2) is 17.5 Å². The lowest BCUT2D eigenvalue weighted by atomic mass is 10.2. The molecule has 0 spiro atoms. The molecule has 1 rings (SSSR count). The molecule has 0 atom stereocenters. The lowest BCUT2D eigenvalue weighted by Gasteiger charge is -2.04. The quantitative estimate of drug-likeness (QED) is 0.515. The highest BCUT2D eigenvalue weighted by Crippen LogP contribution is 2.13. The van der Waals surface area contributed by atoms with Gasteiger partial charge in [0.25, 0.3) is 5.91 Å². The van der Waals surface area contributed by atoms with E-state index in [1.807, 2.05) is 22.6 Å². The van der Waals surface area contributed by atoms with Crippen LogP contribution < -0.4 is 5.32 Å². The number of hydrogen-bond donors (Lipinski definition) is 1. The van der Waals surface area contributed by atoms with E-state index in [4.69, 9.17) is 0 Å². The molecule has 0 heterocycles. The van der Waals surface area contributed by atoms with Crippen molar-refractivity contribution in [1.82, 2.24) is 5.32 Å². The minimum atomic E-state index is -1.57. The van der Waals surface area contributed by atoms with Gasteiger partial charge in [0.2, 0.25) is 0 Å². The molecule has 0 radical (unpaired) electrons. The average Bonchev–Trinajstić information content (AvgIpc) is 2.21. The molecule has 0 bridgehead atoms. The molecular formula is C9H7F3INO. The number of carbonyl (C=O) groups excluding carboxylic acids is 1. The van der Waals surface area contributed by atoms with Crippen molar-refractivity contribution < 1.29 is 18.0 Å². The molecule has 0 fully saturated rings. The summed E-state index contributed by atoms with van der Waals surface area (Å²) in [6.45, 7) is 0.389. The molecule has 0 aliphatic heterocycles. The van der Waals surface area contributed by atoms with E-state index in [-0.39, 0.29) is 5.56 Å². The fourth-order valence-electron chi connectivity index (χ4n) is 0.949. The zero-order valence-corrected chi connectivity index (χ0v) is 9.65. The van der Waals surface area contributed by atoms with E-state index in [2.05, 4.69) is 5.32 Å². The van der Waals surface area contributed by atoms with Crippen molar-refractivity contribution in [3.63, 3.8) is 0 Å². The van der Waals surface area contributed by atoms with Crippen LogP contribution >= 0.6 is 22.6 Å². The summed E-state index contributed by atoms with van der Waals surface area (Å²) >= 11 is 2.04. The van der Waals surface area contributed by atoms with Crippen LogP contribution in [-0.2, 0) is 0 Å². The Morgan fingerprint density at radius 1 is 1.27 bits per heavy atom. The number of carbonyl (C=O) groups is 1. The van der Waals surface area contributed by atoms with Gasteiger partial charge >= 0.3 is 0 Å². The van der Waals surface area contributed by atoms with Crippen molar-refractivity contribution >= 4 is 28.5 Å². The standard InChI is InChI=1S/C9H7F3INO/c10-6-3-5(4-7(11)8(6)12)9(15)14-2-1-13/h3-4H,1-2H2,(H,14,15). The topological polar surface area (TPSA) is 29.1 Å². The minimum absolute atomic E-state index is 0.226. The van der Waals surface area contributed by atoms with Gasteiger partial charge in [-0.2, -0.15) is 0 Å². The highest BCUT2D eigenvalue weighted by molar-refractivity contribution is 14.1. The summed E-state index contributed by atoms with van der Waals surface area (Å²) in [5.74, 6) is -4.92. The third kappa shape index (κ3) is 3.08. The van der Waals surface area contributed by atoms with E-state index >= 15 is 0 Å². The van der Waals surface area contributed by atoms with Crippen LogP contribution in [0.3, 0.4) is 0 Å². The minimum Gasteiger partial charge on any atom is -0.351 e. The fourth-order valence-corrected chi connectivity index (χ4v) is 1.22. The molecule has 82 valence electrons. The first kappa shape index (κ1) is 12.3. The first-order valence-corrected chi connectivity index (χ1v) is 5.57. The third-order valence-electron chi connectivity index (χ3n) is 1.63. The molecule has 1 aromatic rings. The molecule has 0 unspecified atom stereocenters. The molecule has 0 aliphatic rings. The number of amides is 1. The van der Waals surface area contributed by atoms with Crippen LogP contribution in [0.15, 0.2) is 12.1 Å². The number of hydrogen-bond acceptors (Lipinski definition) is 1. The molecule has 0 aromatic heterocycles. The number of benzene rings is 1. The molecular weight excluding hydrogens is 322 g/mol. The van der Waals surface area contributed by atoms with Gasteiger partial charge < -0.3 is 5.32 Å². The van der Waals surface area contributed by atoms with Crippen LogP contribution in [0.2, 0.25) is 0 Å². The van der Waals surface area contributed by atoms with Crippen LogP contribution in [0.4, 0.5) is 13.2 Å². The smallest absolute Gasteiger partial charge is 0.251 e. The summed E-state index contributed by atoms with van der Waals surface area (Å²) in [4.78, 5) is 11.2. The molecule has 15 heavy (non-hydrogen) atoms. The number of halogens is 4. The molecule has 0 aliphatic carbocycles. The van der Waals surface area contributed by atoms with Crippen molar-refractivity contribution in [3.8, 4) is 0 Å². The van der Waals surface area contributed by atoms with Gasteiger partial charge in [-0.05, 0) is 12.1 Å². The van der Waals surface area contributed by atoms with Crippen molar-refractivity contribution in [2.45, 2.75) is 0 Å². The Balaban J connectivity index is 2.91. The van der Waals surface area contributed by atoms with Gasteiger partial charge in [-0.1, -0.05) is 22.6 Å². The largest absolute Gasteiger partial charge is 0.351 e. The molecule has 0 saturated carbocycles. The fraction of sp³-hybridized carbons (Fsp3) is 0.222. The second-order valence-corrected chi connectivity index (χ2v) is 3.78. The zero-order chi connectivity index (χ0) is 11.4. The molecule has 1 N–H and O–H groups in total. The Kier molecular flexibility index (Phi) is 4.37. The van der Waals surface area contributed by atoms with Gasteiger partial charge in [-0.25, -0.2) is 13.2 Å². The highest BCUT2D eigenvalue weighted by Gasteiger charge is 2.14. The zero-order valence-electron chi connectivity index (χ0n) is 7.49. The Hall–Kier alpha value is -0.790. The predicted octanol–water partition coefficient (Wildman–Crippen LogP) is 2.27. The van der Waals surface area contributed by atoms with Crippen molar-refractivity contribution in [1.29, 1.82) is 0 Å². The van der Waals surface area contributed by atoms with Gasteiger partial charge in [0, 0.05) is 16.5 Å². The van der Waals surface area contributed by atoms with Gasteiger partial charge in [-0.3, -0.25) is 4.79 Å². The maximum Gasteiger partial charge on any atom is 0.251 e. The van der Waals surface area contributed by atoms with Crippen LogP contribution in [0, 0.1) is 17.5 Å². The highest BCUT2D eigenvalue weighted by atomic mass is 127. The SMILES string of the molecule is O=C(NCCI)c1cc(F)c(F)c(F)c1. The first-order valence-electron chi connectivity index (χ1n) is 4.05. The summed E-state index contributed by atoms with van der Waals surface area (Å²) in [5, 5.41) is 2.42. The first-order chi connectivity index (χ1) is 7.06. The number of rotatable bonds is 3. The second-order valence-electron chi connectivity index (χ2n) is 2.70. The predicted molar refractivity (Wildman–Crippen MR) is 57.5 cm³/mol. The number of nitrogens with one attached hydrogen (secondary N) is 1. The van der Waals surface area contributed by atoms with Gasteiger partial charge in [0.1, 0.15) is 0 Å². The van der Waals surface area contributed by atoms with E-state index in [1.165, 1.54) is 0 Å². The van der Waals surface area contributed by atoms with Crippen LogP contribution in [0.1, 0.15) is 10.4 Å². The van der Waals surface area contributed by atoms with Gasteiger partial charge in [0.05, 0.1) is 0 Å². The van der Waals surface area contributed by atoms with Crippen molar-refractivity contribution in [2.75, 3.05) is 11.0 Å². The van der Waals surface area contributed by atoms with Crippen molar-refractivity contribution in [2.24, 2.45) is 0 Å². The van der Waals surface area contributed by atoms with Crippen molar-refractivity contribution in [3.05, 3.63) is 35.1 Å². The van der Waals surface area contributed by atoms with E-state index in [0.29, 0.717) is 23.1 Å². The normalized spacial score (nSPS) is 10.1. The lowest BCUT2D eigenvalue weighted by molar-refractivity contribution is 0.0955. The Morgan fingerprint density at radius 3 is 2.27 bits per heavy atom. The molecule has 1 aromatic carbocycles. The van der Waals surface area contributed by atoms with Crippen LogP contribution in [0.5, 0.6) is 0 Å². The summed E-state index contributed by atoms with van der Waals surface area (Å²) in [6.07, 6.45) is 0. The molecule has 1 amide bonds. The summed E-state index contributed by atoms with van der Waals surface area (Å²) in [5.41, 5.74) is -0.226. The molecule has 6 heteroatoms. The van der Waals surface area contributed by atoms with Gasteiger partial charge in [-0.15, -0.1) is 0 Å². The number of alkyl halides is 1. The van der Waals surface area contributed by atoms with E-state index in [9.17, 15) is 18.0 Å². The maximum absolute atomic E-state index is 12.7. The average molecular weight is 329 g/mol. The Bertz CT molecular complexity index is 361. The molecule has 0 saturated heterocycles. The van der Waals surface area contributed by atoms with E-state index < -0.39 is 23.4 Å². The lowest BCUT2D eigenvalue weighted by Crippen LogP contribution is -2.25. The Morgan fingerprint density at radius 2 is 1.80 bits per heavy atom. The van der Waals surface area contributed by atoms with E-state index in [0.717, 1.165) is 0 Å². The summed E-state index contributed by atoms with van der Waals surface area (Å²) in [6, 6.07) is 1.34. The maximum atomic E-state index is 12.7. The third-order valence-corrected chi connectivity index (χ3v) is 2.17. The molecule has 2 nitrogen and oxygen atoms in total.